The van der Waals surface area contributed by atoms with Crippen molar-refractivity contribution in [3.8, 4) is 0 Å². The summed E-state index contributed by atoms with van der Waals surface area (Å²) in [5.41, 5.74) is 0.389. The van der Waals surface area contributed by atoms with Gasteiger partial charge >= 0.3 is 5.97 Å². The van der Waals surface area contributed by atoms with Crippen molar-refractivity contribution in [2.24, 2.45) is 0 Å². The predicted octanol–water partition coefficient (Wildman–Crippen LogP) is 1.03. The van der Waals surface area contributed by atoms with Crippen molar-refractivity contribution < 1.29 is 30.3 Å². The van der Waals surface area contributed by atoms with Crippen LogP contribution in [0.4, 0.5) is 0 Å². The molecule has 1 N–H and O–H groups in total. The Hall–Kier alpha value is -0.128. The Kier molecular flexibility index (Phi) is 6.76. The quantitative estimate of drug-likeness (QED) is 0.514. The minimum Gasteiger partial charge on any atom is -0.478 e. The van der Waals surface area contributed by atoms with Gasteiger partial charge in [0.05, 0.1) is 0 Å². The fourth-order valence-corrected chi connectivity index (χ4v) is 0.123. The second-order valence-corrected chi connectivity index (χ2v) is 1.28. The first-order valence-electron chi connectivity index (χ1n) is 2.04. The van der Waals surface area contributed by atoms with E-state index in [-0.39, 0.29) is 20.4 Å². The summed E-state index contributed by atoms with van der Waals surface area (Å²) in [6, 6.07) is 0. The molecule has 0 aromatic carbocycles. The molecule has 0 bridgehead atoms. The molecule has 8 heavy (non-hydrogen) atoms. The molecule has 0 spiro atoms. The van der Waals surface area contributed by atoms with Gasteiger partial charge in [-0.05, 0) is 13.8 Å². The molecule has 3 heteroatoms. The standard InChI is InChI=1S/C5H8O2.Pd/c1-3-4(2)5(6)7;/h3H,1-2H3,(H,6,7);. The summed E-state index contributed by atoms with van der Waals surface area (Å²) in [6.45, 7) is 3.26. The Morgan fingerprint density at radius 3 is 2.00 bits per heavy atom. The van der Waals surface area contributed by atoms with Crippen molar-refractivity contribution in [3.05, 3.63) is 11.6 Å². The van der Waals surface area contributed by atoms with Gasteiger partial charge in [-0.1, -0.05) is 6.08 Å². The van der Waals surface area contributed by atoms with Crippen LogP contribution in [0.2, 0.25) is 0 Å². The molecule has 0 aliphatic carbocycles. The second-order valence-electron chi connectivity index (χ2n) is 1.28. The number of hydrogen-bond donors (Lipinski definition) is 1. The molecular weight excluding hydrogens is 198 g/mol. The molecule has 0 amide bonds. The third kappa shape index (κ3) is 4.04. The fraction of sp³-hybridized carbons (Fsp3) is 0.400. The maximum atomic E-state index is 9.86. The smallest absolute Gasteiger partial charge is 0.330 e. The van der Waals surface area contributed by atoms with E-state index in [1.165, 1.54) is 0 Å². The second kappa shape index (κ2) is 5.02. The van der Waals surface area contributed by atoms with E-state index in [1.54, 1.807) is 19.9 Å². The SMILES string of the molecule is CC=C(C)C(=O)O.[Pd]. The summed E-state index contributed by atoms with van der Waals surface area (Å²) in [6.07, 6.45) is 1.56. The first-order valence-corrected chi connectivity index (χ1v) is 2.04. The maximum Gasteiger partial charge on any atom is 0.330 e. The molecule has 2 nitrogen and oxygen atoms in total. The van der Waals surface area contributed by atoms with E-state index in [0.29, 0.717) is 5.57 Å². The van der Waals surface area contributed by atoms with Gasteiger partial charge in [-0.25, -0.2) is 4.79 Å². The third-order valence-corrected chi connectivity index (χ3v) is 0.770. The minimum absolute atomic E-state index is 0. The van der Waals surface area contributed by atoms with Gasteiger partial charge in [0.2, 0.25) is 0 Å². The molecule has 0 heterocycles. The van der Waals surface area contributed by atoms with Gasteiger partial charge < -0.3 is 5.11 Å². The molecule has 0 fully saturated rings. The Labute approximate surface area is 62.2 Å². The molecule has 0 aromatic rings. The van der Waals surface area contributed by atoms with Crippen molar-refractivity contribution >= 4 is 5.97 Å². The number of aliphatic carboxylic acids is 1. The molecule has 0 saturated heterocycles. The number of rotatable bonds is 1. The van der Waals surface area contributed by atoms with Gasteiger partial charge in [-0.3, -0.25) is 0 Å². The van der Waals surface area contributed by atoms with Crippen molar-refractivity contribution in [1.29, 1.82) is 0 Å². The summed E-state index contributed by atoms with van der Waals surface area (Å²) in [5.74, 6) is -0.845. The predicted molar refractivity (Wildman–Crippen MR) is 27.1 cm³/mol. The fourth-order valence-electron chi connectivity index (χ4n) is 0.123. The molecular formula is C5H8O2Pd. The number of carboxylic acids is 1. The van der Waals surface area contributed by atoms with Crippen LogP contribution in [0.5, 0.6) is 0 Å². The van der Waals surface area contributed by atoms with E-state index in [4.69, 9.17) is 5.11 Å². The topological polar surface area (TPSA) is 37.3 Å². The molecule has 0 aliphatic rings. The zero-order chi connectivity index (χ0) is 5.86. The summed E-state index contributed by atoms with van der Waals surface area (Å²) in [5, 5.41) is 8.11. The van der Waals surface area contributed by atoms with E-state index in [1.807, 2.05) is 0 Å². The number of hydrogen-bond acceptors (Lipinski definition) is 1. The van der Waals surface area contributed by atoms with Gasteiger partial charge in [0.15, 0.2) is 0 Å². The van der Waals surface area contributed by atoms with E-state index in [0.717, 1.165) is 0 Å². The minimum atomic E-state index is -0.845. The Morgan fingerprint density at radius 1 is 1.62 bits per heavy atom. The van der Waals surface area contributed by atoms with Crippen LogP contribution in [-0.2, 0) is 25.2 Å². The average molecular weight is 207 g/mol. The van der Waals surface area contributed by atoms with Crippen molar-refractivity contribution in [2.45, 2.75) is 13.8 Å². The molecule has 0 saturated carbocycles. The third-order valence-electron chi connectivity index (χ3n) is 0.770. The Morgan fingerprint density at radius 2 is 2.00 bits per heavy atom. The molecule has 0 atom stereocenters. The van der Waals surface area contributed by atoms with Crippen LogP contribution in [0.1, 0.15) is 13.8 Å². The van der Waals surface area contributed by atoms with Crippen LogP contribution in [0.15, 0.2) is 11.6 Å². The van der Waals surface area contributed by atoms with Gasteiger partial charge in [-0.2, -0.15) is 0 Å². The van der Waals surface area contributed by atoms with Crippen molar-refractivity contribution in [2.75, 3.05) is 0 Å². The Balaban J connectivity index is 0. The molecule has 0 aliphatic heterocycles. The molecule has 0 aromatic heterocycles. The van der Waals surface area contributed by atoms with Gasteiger partial charge in [0.1, 0.15) is 0 Å². The van der Waals surface area contributed by atoms with E-state index in [9.17, 15) is 4.79 Å². The first kappa shape index (κ1) is 10.8. The van der Waals surface area contributed by atoms with Gasteiger partial charge in [0, 0.05) is 26.0 Å². The summed E-state index contributed by atoms with van der Waals surface area (Å²) in [4.78, 5) is 9.86. The molecule has 0 rings (SSSR count). The first-order chi connectivity index (χ1) is 3.18. The average Bonchev–Trinajstić information content (AvgIpc) is 1.65. The largest absolute Gasteiger partial charge is 0.478 e. The monoisotopic (exact) mass is 206 g/mol. The van der Waals surface area contributed by atoms with Crippen LogP contribution in [0, 0.1) is 0 Å². The summed E-state index contributed by atoms with van der Waals surface area (Å²) < 4.78 is 0. The molecule has 0 unspecified atom stereocenters. The maximum absolute atomic E-state index is 9.86. The van der Waals surface area contributed by atoms with Crippen LogP contribution < -0.4 is 0 Å². The zero-order valence-electron chi connectivity index (χ0n) is 4.75. The van der Waals surface area contributed by atoms with Crippen molar-refractivity contribution in [1.82, 2.24) is 0 Å². The van der Waals surface area contributed by atoms with Crippen LogP contribution in [0.3, 0.4) is 0 Å². The number of allylic oxidation sites excluding steroid dienone is 1. The number of carboxylic acid groups (broad SMARTS) is 1. The zero-order valence-corrected chi connectivity index (χ0v) is 6.30. The van der Waals surface area contributed by atoms with E-state index < -0.39 is 5.97 Å². The van der Waals surface area contributed by atoms with Crippen LogP contribution >= 0.6 is 0 Å². The van der Waals surface area contributed by atoms with Crippen LogP contribution in [-0.4, -0.2) is 11.1 Å². The van der Waals surface area contributed by atoms with E-state index >= 15 is 0 Å². The number of carbonyl (C=O) groups is 1. The van der Waals surface area contributed by atoms with Crippen molar-refractivity contribution in [3.63, 3.8) is 0 Å². The Bertz CT molecular complexity index is 107. The molecule has 0 radical (unpaired) electrons. The van der Waals surface area contributed by atoms with Gasteiger partial charge in [0.25, 0.3) is 0 Å². The normalized spacial score (nSPS) is 10.0. The van der Waals surface area contributed by atoms with E-state index in [2.05, 4.69) is 0 Å². The summed E-state index contributed by atoms with van der Waals surface area (Å²) >= 11 is 0. The van der Waals surface area contributed by atoms with Gasteiger partial charge in [-0.15, -0.1) is 0 Å². The van der Waals surface area contributed by atoms with Crippen LogP contribution in [0.25, 0.3) is 0 Å². The molecule has 50 valence electrons. The summed E-state index contributed by atoms with van der Waals surface area (Å²) in [7, 11) is 0.